The minimum absolute atomic E-state index is 0.0928. The Hall–Kier alpha value is -1.80. The summed E-state index contributed by atoms with van der Waals surface area (Å²) >= 11 is 0. The van der Waals surface area contributed by atoms with E-state index in [1.165, 1.54) is 0 Å². The van der Waals surface area contributed by atoms with Crippen molar-refractivity contribution in [1.29, 1.82) is 0 Å². The SMILES string of the molecule is CCCCOC(=O)CN1C(=O)NC(C)(C(F)(F)F)C1=O. The summed E-state index contributed by atoms with van der Waals surface area (Å²) in [4.78, 5) is 34.6. The van der Waals surface area contributed by atoms with Crippen LogP contribution in [0, 0.1) is 0 Å². The van der Waals surface area contributed by atoms with Crippen LogP contribution in [0.5, 0.6) is 0 Å². The van der Waals surface area contributed by atoms with E-state index in [1.807, 2.05) is 6.92 Å². The molecule has 3 amide bonds. The molecule has 0 saturated carbocycles. The van der Waals surface area contributed by atoms with Crippen LogP contribution in [0.3, 0.4) is 0 Å². The van der Waals surface area contributed by atoms with Crippen molar-refractivity contribution in [2.45, 2.75) is 38.4 Å². The van der Waals surface area contributed by atoms with Crippen molar-refractivity contribution >= 4 is 17.9 Å². The Labute approximate surface area is 113 Å². The first-order chi connectivity index (χ1) is 9.13. The number of hydrogen-bond acceptors (Lipinski definition) is 4. The summed E-state index contributed by atoms with van der Waals surface area (Å²) in [5.41, 5.74) is -3.01. The maximum absolute atomic E-state index is 12.7. The molecule has 114 valence electrons. The molecule has 1 N–H and O–H groups in total. The van der Waals surface area contributed by atoms with Gasteiger partial charge in [-0.3, -0.25) is 14.5 Å². The van der Waals surface area contributed by atoms with Gasteiger partial charge in [-0.2, -0.15) is 13.2 Å². The number of ether oxygens (including phenoxy) is 1. The maximum Gasteiger partial charge on any atom is 0.420 e. The second-order valence-electron chi connectivity index (χ2n) is 4.52. The van der Waals surface area contributed by atoms with Gasteiger partial charge in [-0.05, 0) is 13.3 Å². The van der Waals surface area contributed by atoms with Crippen molar-refractivity contribution < 1.29 is 32.3 Å². The first-order valence-corrected chi connectivity index (χ1v) is 6.00. The van der Waals surface area contributed by atoms with Gasteiger partial charge in [0.05, 0.1) is 6.61 Å². The minimum atomic E-state index is -4.94. The molecule has 1 saturated heterocycles. The number of amides is 3. The van der Waals surface area contributed by atoms with Gasteiger partial charge in [0.15, 0.2) is 0 Å². The summed E-state index contributed by atoms with van der Waals surface area (Å²) < 4.78 is 42.9. The Bertz CT molecular complexity index is 424. The predicted octanol–water partition coefficient (Wildman–Crippen LogP) is 1.20. The van der Waals surface area contributed by atoms with Gasteiger partial charge in [-0.15, -0.1) is 0 Å². The van der Waals surface area contributed by atoms with Crippen LogP contribution >= 0.6 is 0 Å². The van der Waals surface area contributed by atoms with Crippen LogP contribution in [0.1, 0.15) is 26.7 Å². The highest BCUT2D eigenvalue weighted by molar-refractivity contribution is 6.09. The summed E-state index contributed by atoms with van der Waals surface area (Å²) in [5.74, 6) is -2.43. The van der Waals surface area contributed by atoms with Crippen molar-refractivity contribution in [3.63, 3.8) is 0 Å². The highest BCUT2D eigenvalue weighted by atomic mass is 19.4. The Morgan fingerprint density at radius 2 is 2.00 bits per heavy atom. The van der Waals surface area contributed by atoms with Gasteiger partial charge in [0.2, 0.25) is 5.54 Å². The zero-order valence-electron chi connectivity index (χ0n) is 11.0. The number of carbonyl (C=O) groups is 3. The van der Waals surface area contributed by atoms with Crippen molar-refractivity contribution in [3.05, 3.63) is 0 Å². The highest BCUT2D eigenvalue weighted by Gasteiger charge is 2.64. The van der Waals surface area contributed by atoms with Gasteiger partial charge in [0.1, 0.15) is 6.54 Å². The number of unbranched alkanes of at least 4 members (excludes halogenated alkanes) is 1. The van der Waals surface area contributed by atoms with Crippen molar-refractivity contribution in [2.75, 3.05) is 13.2 Å². The molecule has 0 aromatic rings. The molecule has 0 aromatic carbocycles. The Kier molecular flexibility index (Phi) is 4.61. The van der Waals surface area contributed by atoms with Crippen molar-refractivity contribution in [1.82, 2.24) is 10.2 Å². The standard InChI is InChI=1S/C11H15F3N2O4/c1-3-4-5-20-7(17)6-16-8(18)10(2,11(12,13)14)15-9(16)19/h3-6H2,1-2H3,(H,15,19). The second-order valence-corrected chi connectivity index (χ2v) is 4.52. The van der Waals surface area contributed by atoms with E-state index < -0.39 is 36.2 Å². The lowest BCUT2D eigenvalue weighted by atomic mass is 10.0. The Morgan fingerprint density at radius 3 is 2.45 bits per heavy atom. The average Bonchev–Trinajstić information content (AvgIpc) is 2.54. The number of halogens is 3. The molecule has 0 radical (unpaired) electrons. The zero-order valence-corrected chi connectivity index (χ0v) is 11.0. The van der Waals surface area contributed by atoms with Crippen LogP contribution in [0.25, 0.3) is 0 Å². The summed E-state index contributed by atoms with van der Waals surface area (Å²) in [7, 11) is 0. The molecule has 6 nitrogen and oxygen atoms in total. The molecule has 9 heteroatoms. The largest absolute Gasteiger partial charge is 0.464 e. The van der Waals surface area contributed by atoms with Gasteiger partial charge in [-0.1, -0.05) is 13.3 Å². The van der Waals surface area contributed by atoms with Crippen molar-refractivity contribution in [3.8, 4) is 0 Å². The number of rotatable bonds is 5. The summed E-state index contributed by atoms with van der Waals surface area (Å²) in [6, 6.07) is -1.26. The Balaban J connectivity index is 2.71. The molecule has 0 aromatic heterocycles. The molecule has 1 fully saturated rings. The molecular formula is C11H15F3N2O4. The van der Waals surface area contributed by atoms with E-state index in [1.54, 1.807) is 5.32 Å². The number of nitrogens with one attached hydrogen (secondary N) is 1. The maximum atomic E-state index is 12.7. The number of imide groups is 1. The lowest BCUT2D eigenvalue weighted by Gasteiger charge is -2.24. The summed E-state index contributed by atoms with van der Waals surface area (Å²) in [5, 5.41) is 1.55. The zero-order chi connectivity index (χ0) is 15.6. The van der Waals surface area contributed by atoms with Gasteiger partial charge < -0.3 is 10.1 Å². The van der Waals surface area contributed by atoms with E-state index in [0.29, 0.717) is 13.3 Å². The van der Waals surface area contributed by atoms with Crippen LogP contribution in [0.2, 0.25) is 0 Å². The predicted molar refractivity (Wildman–Crippen MR) is 60.6 cm³/mol. The minimum Gasteiger partial charge on any atom is -0.464 e. The van der Waals surface area contributed by atoms with E-state index in [-0.39, 0.29) is 11.5 Å². The Morgan fingerprint density at radius 1 is 1.40 bits per heavy atom. The highest BCUT2D eigenvalue weighted by Crippen LogP contribution is 2.34. The molecule has 1 aliphatic heterocycles. The first kappa shape index (κ1) is 16.3. The molecule has 1 aliphatic rings. The fourth-order valence-electron chi connectivity index (χ4n) is 1.54. The lowest BCUT2D eigenvalue weighted by molar-refractivity contribution is -0.191. The first-order valence-electron chi connectivity index (χ1n) is 6.00. The molecule has 0 aliphatic carbocycles. The number of carbonyl (C=O) groups excluding carboxylic acids is 3. The van der Waals surface area contributed by atoms with Gasteiger partial charge >= 0.3 is 18.2 Å². The lowest BCUT2D eigenvalue weighted by Crippen LogP contribution is -2.56. The number of urea groups is 1. The monoisotopic (exact) mass is 296 g/mol. The third kappa shape index (κ3) is 3.02. The van der Waals surface area contributed by atoms with Crippen LogP contribution < -0.4 is 5.32 Å². The fraction of sp³-hybridized carbons (Fsp3) is 0.727. The molecule has 0 spiro atoms. The molecule has 1 heterocycles. The molecule has 1 rings (SSSR count). The summed E-state index contributed by atoms with van der Waals surface area (Å²) in [6.07, 6.45) is -3.59. The molecule has 20 heavy (non-hydrogen) atoms. The van der Waals surface area contributed by atoms with Crippen LogP contribution in [0.4, 0.5) is 18.0 Å². The topological polar surface area (TPSA) is 75.7 Å². The van der Waals surface area contributed by atoms with Gasteiger partial charge in [-0.25, -0.2) is 4.79 Å². The van der Waals surface area contributed by atoms with Crippen LogP contribution in [-0.4, -0.2) is 47.7 Å². The molecule has 1 unspecified atom stereocenters. The fourth-order valence-corrected chi connectivity index (χ4v) is 1.54. The third-order valence-corrected chi connectivity index (χ3v) is 2.89. The average molecular weight is 296 g/mol. The van der Waals surface area contributed by atoms with Crippen LogP contribution in [0.15, 0.2) is 0 Å². The van der Waals surface area contributed by atoms with E-state index in [2.05, 4.69) is 0 Å². The van der Waals surface area contributed by atoms with E-state index in [4.69, 9.17) is 4.74 Å². The second kappa shape index (κ2) is 5.68. The molecule has 1 atom stereocenters. The quantitative estimate of drug-likeness (QED) is 0.470. The number of nitrogens with zero attached hydrogens (tertiary/aromatic N) is 1. The molecule has 0 bridgehead atoms. The van der Waals surface area contributed by atoms with Gasteiger partial charge in [0, 0.05) is 0 Å². The van der Waals surface area contributed by atoms with Crippen LogP contribution in [-0.2, 0) is 14.3 Å². The van der Waals surface area contributed by atoms with E-state index >= 15 is 0 Å². The molecular weight excluding hydrogens is 281 g/mol. The normalized spacial score (nSPS) is 22.9. The number of esters is 1. The third-order valence-electron chi connectivity index (χ3n) is 2.89. The van der Waals surface area contributed by atoms with Crippen molar-refractivity contribution in [2.24, 2.45) is 0 Å². The number of alkyl halides is 3. The summed E-state index contributed by atoms with van der Waals surface area (Å²) in [6.45, 7) is 1.67. The van der Waals surface area contributed by atoms with E-state index in [9.17, 15) is 27.6 Å². The number of hydrogen-bond donors (Lipinski definition) is 1. The smallest absolute Gasteiger partial charge is 0.420 e. The van der Waals surface area contributed by atoms with E-state index in [0.717, 1.165) is 6.42 Å². The van der Waals surface area contributed by atoms with Gasteiger partial charge in [0.25, 0.3) is 5.91 Å².